The van der Waals surface area contributed by atoms with Crippen LogP contribution in [-0.4, -0.2) is 43.2 Å². The number of urea groups is 1. The lowest BCUT2D eigenvalue weighted by molar-refractivity contribution is 0.219. The maximum atomic E-state index is 11.3. The number of carbonyl (C=O) groups excluding carboxylic acids is 1. The molecule has 15 heavy (non-hydrogen) atoms. The number of hydrogen-bond donors (Lipinski definition) is 2. The predicted molar refractivity (Wildman–Crippen MR) is 62.0 cm³/mol. The molecule has 0 unspecified atom stereocenters. The number of nitrogens with zero attached hydrogens (tertiary/aromatic N) is 1. The Morgan fingerprint density at radius 2 is 1.93 bits per heavy atom. The van der Waals surface area contributed by atoms with Gasteiger partial charge in [-0.1, -0.05) is 6.42 Å². The molecular formula is C11H23N3O. The van der Waals surface area contributed by atoms with Crippen LogP contribution < -0.4 is 10.6 Å². The van der Waals surface area contributed by atoms with Crippen molar-refractivity contribution in [3.05, 3.63) is 0 Å². The summed E-state index contributed by atoms with van der Waals surface area (Å²) in [7, 11) is 0. The fourth-order valence-corrected chi connectivity index (χ4v) is 1.82. The first-order valence-electron chi connectivity index (χ1n) is 5.95. The minimum absolute atomic E-state index is 0.0537. The van der Waals surface area contributed by atoms with E-state index in [2.05, 4.69) is 15.5 Å². The summed E-state index contributed by atoms with van der Waals surface area (Å²) in [5, 5.41) is 5.68. The van der Waals surface area contributed by atoms with Crippen molar-refractivity contribution in [2.75, 3.05) is 26.2 Å². The molecule has 1 saturated heterocycles. The summed E-state index contributed by atoms with van der Waals surface area (Å²) < 4.78 is 0. The fourth-order valence-electron chi connectivity index (χ4n) is 1.82. The summed E-state index contributed by atoms with van der Waals surface area (Å²) in [6.45, 7) is 8.03. The van der Waals surface area contributed by atoms with Crippen molar-refractivity contribution in [2.24, 2.45) is 0 Å². The molecule has 0 bridgehead atoms. The highest BCUT2D eigenvalue weighted by Crippen LogP contribution is 2.07. The first-order chi connectivity index (χ1) is 7.18. The van der Waals surface area contributed by atoms with Gasteiger partial charge < -0.3 is 15.5 Å². The average molecular weight is 213 g/mol. The highest BCUT2D eigenvalue weighted by Gasteiger charge is 2.09. The Morgan fingerprint density at radius 3 is 2.53 bits per heavy atom. The minimum Gasteiger partial charge on any atom is -0.337 e. The molecule has 0 aromatic heterocycles. The van der Waals surface area contributed by atoms with Crippen molar-refractivity contribution in [2.45, 2.75) is 39.2 Å². The SMILES string of the molecule is CC(C)NC(=O)NCCN1CCCCC1. The molecule has 4 heteroatoms. The number of hydrogen-bond acceptors (Lipinski definition) is 2. The smallest absolute Gasteiger partial charge is 0.315 e. The summed E-state index contributed by atoms with van der Waals surface area (Å²) in [6.07, 6.45) is 3.97. The highest BCUT2D eigenvalue weighted by atomic mass is 16.2. The Bertz CT molecular complexity index is 188. The molecule has 0 spiro atoms. The van der Waals surface area contributed by atoms with Gasteiger partial charge in [0, 0.05) is 19.1 Å². The zero-order valence-corrected chi connectivity index (χ0v) is 9.88. The van der Waals surface area contributed by atoms with Crippen LogP contribution in [-0.2, 0) is 0 Å². The fraction of sp³-hybridized carbons (Fsp3) is 0.909. The van der Waals surface area contributed by atoms with Gasteiger partial charge in [0.05, 0.1) is 0 Å². The van der Waals surface area contributed by atoms with Gasteiger partial charge in [0.25, 0.3) is 0 Å². The second-order valence-electron chi connectivity index (χ2n) is 4.46. The summed E-state index contributed by atoms with van der Waals surface area (Å²) in [4.78, 5) is 13.7. The number of rotatable bonds is 4. The van der Waals surface area contributed by atoms with Gasteiger partial charge in [-0.2, -0.15) is 0 Å². The van der Waals surface area contributed by atoms with Crippen LogP contribution in [0.3, 0.4) is 0 Å². The van der Waals surface area contributed by atoms with E-state index in [1.807, 2.05) is 13.8 Å². The topological polar surface area (TPSA) is 44.4 Å². The van der Waals surface area contributed by atoms with Gasteiger partial charge in [-0.05, 0) is 39.8 Å². The molecule has 0 radical (unpaired) electrons. The Balaban J connectivity index is 2.02. The van der Waals surface area contributed by atoms with E-state index in [4.69, 9.17) is 0 Å². The molecule has 0 saturated carbocycles. The van der Waals surface area contributed by atoms with Crippen LogP contribution >= 0.6 is 0 Å². The molecule has 1 aliphatic heterocycles. The third kappa shape index (κ3) is 5.62. The van der Waals surface area contributed by atoms with Gasteiger partial charge in [-0.3, -0.25) is 0 Å². The molecule has 2 N–H and O–H groups in total. The number of amides is 2. The lowest BCUT2D eigenvalue weighted by Gasteiger charge is -2.26. The van der Waals surface area contributed by atoms with Crippen molar-refractivity contribution in [3.63, 3.8) is 0 Å². The van der Waals surface area contributed by atoms with Crippen LogP contribution in [0.2, 0.25) is 0 Å². The van der Waals surface area contributed by atoms with Gasteiger partial charge >= 0.3 is 6.03 Å². The number of nitrogens with one attached hydrogen (secondary N) is 2. The van der Waals surface area contributed by atoms with Crippen LogP contribution in [0.25, 0.3) is 0 Å². The third-order valence-corrected chi connectivity index (χ3v) is 2.58. The monoisotopic (exact) mass is 213 g/mol. The second kappa shape index (κ2) is 6.67. The Hall–Kier alpha value is -0.770. The van der Waals surface area contributed by atoms with Gasteiger partial charge in [-0.15, -0.1) is 0 Å². The molecular weight excluding hydrogens is 190 g/mol. The summed E-state index contributed by atoms with van der Waals surface area (Å²) in [5.74, 6) is 0. The normalized spacial score (nSPS) is 17.8. The Morgan fingerprint density at radius 1 is 1.27 bits per heavy atom. The summed E-state index contributed by atoms with van der Waals surface area (Å²) in [6, 6.07) is 0.155. The van der Waals surface area contributed by atoms with Crippen LogP contribution in [0.15, 0.2) is 0 Å². The quantitative estimate of drug-likeness (QED) is 0.736. The highest BCUT2D eigenvalue weighted by molar-refractivity contribution is 5.74. The molecule has 0 atom stereocenters. The molecule has 1 rings (SSSR count). The zero-order valence-electron chi connectivity index (χ0n) is 9.88. The van der Waals surface area contributed by atoms with Gasteiger partial charge in [0.1, 0.15) is 0 Å². The number of carbonyl (C=O) groups is 1. The molecule has 1 heterocycles. The minimum atomic E-state index is -0.0537. The maximum Gasteiger partial charge on any atom is 0.315 e. The van der Waals surface area contributed by atoms with E-state index >= 15 is 0 Å². The van der Waals surface area contributed by atoms with Crippen LogP contribution in [0, 0.1) is 0 Å². The summed E-state index contributed by atoms with van der Waals surface area (Å²) >= 11 is 0. The molecule has 88 valence electrons. The number of piperidine rings is 1. The van der Waals surface area contributed by atoms with Crippen molar-refractivity contribution in [1.82, 2.24) is 15.5 Å². The standard InChI is InChI=1S/C11H23N3O/c1-10(2)13-11(15)12-6-9-14-7-4-3-5-8-14/h10H,3-9H2,1-2H3,(H2,12,13,15). The van der Waals surface area contributed by atoms with Gasteiger partial charge in [0.2, 0.25) is 0 Å². The molecule has 1 aliphatic rings. The van der Waals surface area contributed by atoms with Crippen LogP contribution in [0.1, 0.15) is 33.1 Å². The Labute approximate surface area is 92.4 Å². The molecule has 4 nitrogen and oxygen atoms in total. The van der Waals surface area contributed by atoms with E-state index in [9.17, 15) is 4.79 Å². The molecule has 2 amide bonds. The maximum absolute atomic E-state index is 11.3. The summed E-state index contributed by atoms with van der Waals surface area (Å²) in [5.41, 5.74) is 0. The van der Waals surface area contributed by atoms with Crippen LogP contribution in [0.4, 0.5) is 4.79 Å². The van der Waals surface area contributed by atoms with Gasteiger partial charge in [0.15, 0.2) is 0 Å². The van der Waals surface area contributed by atoms with E-state index in [1.54, 1.807) is 0 Å². The van der Waals surface area contributed by atoms with Crippen molar-refractivity contribution in [1.29, 1.82) is 0 Å². The molecule has 0 aromatic rings. The van der Waals surface area contributed by atoms with Gasteiger partial charge in [-0.25, -0.2) is 4.79 Å². The lowest BCUT2D eigenvalue weighted by Crippen LogP contribution is -2.43. The largest absolute Gasteiger partial charge is 0.337 e. The van der Waals surface area contributed by atoms with E-state index < -0.39 is 0 Å². The average Bonchev–Trinajstić information content (AvgIpc) is 2.18. The predicted octanol–water partition coefficient (Wildman–Crippen LogP) is 1.18. The molecule has 1 fully saturated rings. The molecule has 0 aromatic carbocycles. The third-order valence-electron chi connectivity index (χ3n) is 2.58. The van der Waals surface area contributed by atoms with Crippen molar-refractivity contribution >= 4 is 6.03 Å². The van der Waals surface area contributed by atoms with E-state index in [0.29, 0.717) is 0 Å². The van der Waals surface area contributed by atoms with E-state index in [1.165, 1.54) is 32.4 Å². The van der Waals surface area contributed by atoms with E-state index in [0.717, 1.165) is 13.1 Å². The Kier molecular flexibility index (Phi) is 5.47. The van der Waals surface area contributed by atoms with E-state index in [-0.39, 0.29) is 12.1 Å². The van der Waals surface area contributed by atoms with Crippen molar-refractivity contribution < 1.29 is 4.79 Å². The number of likely N-dealkylation sites (tertiary alicyclic amines) is 1. The first kappa shape index (κ1) is 12.3. The van der Waals surface area contributed by atoms with Crippen LogP contribution in [0.5, 0.6) is 0 Å². The zero-order chi connectivity index (χ0) is 11.1. The lowest BCUT2D eigenvalue weighted by atomic mass is 10.1. The molecule has 0 aliphatic carbocycles. The first-order valence-corrected chi connectivity index (χ1v) is 5.95. The van der Waals surface area contributed by atoms with Crippen molar-refractivity contribution in [3.8, 4) is 0 Å². The second-order valence-corrected chi connectivity index (χ2v) is 4.46.